The molecule has 3 nitrogen and oxygen atoms in total. The van der Waals surface area contributed by atoms with Crippen LogP contribution in [0.5, 0.6) is 0 Å². The molecule has 4 unspecified atom stereocenters. The van der Waals surface area contributed by atoms with Crippen molar-refractivity contribution in [2.24, 2.45) is 23.7 Å². The molecule has 0 spiro atoms. The summed E-state index contributed by atoms with van der Waals surface area (Å²) >= 11 is 0. The topological polar surface area (TPSA) is 41.1 Å². The van der Waals surface area contributed by atoms with Crippen molar-refractivity contribution >= 4 is 5.91 Å². The number of carbonyl (C=O) groups is 1. The number of hydrogen-bond donors (Lipinski definition) is 2. The SMILES string of the molecule is CC(NC(=O)CC1CNC1)C1CC2CCC1C2. The predicted molar refractivity (Wildman–Crippen MR) is 67.5 cm³/mol. The van der Waals surface area contributed by atoms with Crippen LogP contribution in [0.25, 0.3) is 0 Å². The van der Waals surface area contributed by atoms with Gasteiger partial charge in [-0.2, -0.15) is 0 Å². The number of nitrogens with one attached hydrogen (secondary N) is 2. The van der Waals surface area contributed by atoms with Crippen LogP contribution in [0, 0.1) is 23.7 Å². The van der Waals surface area contributed by atoms with E-state index < -0.39 is 0 Å². The van der Waals surface area contributed by atoms with Crippen molar-refractivity contribution in [2.75, 3.05) is 13.1 Å². The highest BCUT2D eigenvalue weighted by molar-refractivity contribution is 5.76. The molecule has 2 saturated carbocycles. The van der Waals surface area contributed by atoms with E-state index in [0.717, 1.165) is 37.3 Å². The van der Waals surface area contributed by atoms with Gasteiger partial charge in [0.05, 0.1) is 0 Å². The Morgan fingerprint density at radius 2 is 2.18 bits per heavy atom. The highest BCUT2D eigenvalue weighted by atomic mass is 16.1. The zero-order valence-electron chi connectivity index (χ0n) is 10.7. The molecule has 1 heterocycles. The van der Waals surface area contributed by atoms with Crippen LogP contribution in [0.4, 0.5) is 0 Å². The highest BCUT2D eigenvalue weighted by Crippen LogP contribution is 2.49. The number of rotatable bonds is 4. The van der Waals surface area contributed by atoms with Crippen molar-refractivity contribution < 1.29 is 4.79 Å². The van der Waals surface area contributed by atoms with Gasteiger partial charge in [-0.15, -0.1) is 0 Å². The molecule has 1 amide bonds. The van der Waals surface area contributed by atoms with Gasteiger partial charge in [0.15, 0.2) is 0 Å². The molecule has 3 fully saturated rings. The second-order valence-corrected chi connectivity index (χ2v) is 6.42. The molecule has 1 saturated heterocycles. The minimum Gasteiger partial charge on any atom is -0.353 e. The quantitative estimate of drug-likeness (QED) is 0.777. The third kappa shape index (κ3) is 2.35. The second-order valence-electron chi connectivity index (χ2n) is 6.42. The molecule has 4 atom stereocenters. The van der Waals surface area contributed by atoms with Crippen LogP contribution < -0.4 is 10.6 Å². The summed E-state index contributed by atoms with van der Waals surface area (Å²) < 4.78 is 0. The minimum absolute atomic E-state index is 0.270. The van der Waals surface area contributed by atoms with Crippen LogP contribution in [-0.2, 0) is 4.79 Å². The molecule has 2 bridgehead atoms. The summed E-state index contributed by atoms with van der Waals surface area (Å²) in [5, 5.41) is 6.46. The Balaban J connectivity index is 1.46. The van der Waals surface area contributed by atoms with Gasteiger partial charge < -0.3 is 10.6 Å². The van der Waals surface area contributed by atoms with E-state index in [-0.39, 0.29) is 5.91 Å². The van der Waals surface area contributed by atoms with Crippen LogP contribution in [0.3, 0.4) is 0 Å². The van der Waals surface area contributed by atoms with Gasteiger partial charge in [-0.3, -0.25) is 4.79 Å². The Bertz CT molecular complexity index is 301. The van der Waals surface area contributed by atoms with Gasteiger partial charge in [0, 0.05) is 12.5 Å². The Morgan fingerprint density at radius 1 is 1.35 bits per heavy atom. The van der Waals surface area contributed by atoms with E-state index >= 15 is 0 Å². The van der Waals surface area contributed by atoms with E-state index in [1.54, 1.807) is 0 Å². The highest BCUT2D eigenvalue weighted by Gasteiger charge is 2.42. The molecular formula is C14H24N2O. The van der Waals surface area contributed by atoms with Crippen molar-refractivity contribution in [3.8, 4) is 0 Å². The van der Waals surface area contributed by atoms with Crippen LogP contribution in [0.2, 0.25) is 0 Å². The van der Waals surface area contributed by atoms with E-state index in [0.29, 0.717) is 12.0 Å². The summed E-state index contributed by atoms with van der Waals surface area (Å²) in [6.07, 6.45) is 6.35. The molecule has 96 valence electrons. The first-order chi connectivity index (χ1) is 8.22. The van der Waals surface area contributed by atoms with E-state index in [4.69, 9.17) is 0 Å². The van der Waals surface area contributed by atoms with E-state index in [1.165, 1.54) is 25.7 Å². The van der Waals surface area contributed by atoms with E-state index in [1.807, 2.05) is 0 Å². The Morgan fingerprint density at radius 3 is 2.71 bits per heavy atom. The average molecular weight is 236 g/mol. The monoisotopic (exact) mass is 236 g/mol. The maximum absolute atomic E-state index is 11.9. The first kappa shape index (κ1) is 11.5. The Kier molecular flexibility index (Phi) is 3.12. The zero-order chi connectivity index (χ0) is 11.8. The lowest BCUT2D eigenvalue weighted by molar-refractivity contribution is -0.123. The molecular weight excluding hydrogens is 212 g/mol. The largest absolute Gasteiger partial charge is 0.353 e. The van der Waals surface area contributed by atoms with Crippen LogP contribution in [0.15, 0.2) is 0 Å². The third-order valence-electron chi connectivity index (χ3n) is 5.16. The summed E-state index contributed by atoms with van der Waals surface area (Å²) in [4.78, 5) is 11.9. The first-order valence-corrected chi connectivity index (χ1v) is 7.22. The minimum atomic E-state index is 0.270. The summed E-state index contributed by atoms with van der Waals surface area (Å²) in [6.45, 7) is 4.26. The first-order valence-electron chi connectivity index (χ1n) is 7.22. The Labute approximate surface area is 104 Å². The Hall–Kier alpha value is -0.570. The van der Waals surface area contributed by atoms with Crippen molar-refractivity contribution in [1.29, 1.82) is 0 Å². The molecule has 2 aliphatic carbocycles. The van der Waals surface area contributed by atoms with Gasteiger partial charge in [0.1, 0.15) is 0 Å². The predicted octanol–water partition coefficient (Wildman–Crippen LogP) is 1.54. The van der Waals surface area contributed by atoms with Crippen molar-refractivity contribution in [1.82, 2.24) is 10.6 Å². The van der Waals surface area contributed by atoms with E-state index in [9.17, 15) is 4.79 Å². The lowest BCUT2D eigenvalue weighted by Crippen LogP contribution is -2.46. The maximum atomic E-state index is 11.9. The summed E-state index contributed by atoms with van der Waals surface area (Å²) in [5.41, 5.74) is 0. The smallest absolute Gasteiger partial charge is 0.220 e. The maximum Gasteiger partial charge on any atom is 0.220 e. The van der Waals surface area contributed by atoms with Gasteiger partial charge in [-0.25, -0.2) is 0 Å². The van der Waals surface area contributed by atoms with Gasteiger partial charge in [0.2, 0.25) is 5.91 Å². The molecule has 0 radical (unpaired) electrons. The molecule has 1 aliphatic heterocycles. The number of amides is 1. The molecule has 3 rings (SSSR count). The van der Waals surface area contributed by atoms with Gasteiger partial charge in [0.25, 0.3) is 0 Å². The lowest BCUT2D eigenvalue weighted by Gasteiger charge is -2.30. The summed E-state index contributed by atoms with van der Waals surface area (Å²) in [6, 6.07) is 0.394. The van der Waals surface area contributed by atoms with Crippen molar-refractivity contribution in [3.63, 3.8) is 0 Å². The molecule has 3 aliphatic rings. The number of hydrogen-bond acceptors (Lipinski definition) is 2. The van der Waals surface area contributed by atoms with Gasteiger partial charge in [-0.1, -0.05) is 6.42 Å². The molecule has 0 aromatic rings. The molecule has 0 aromatic heterocycles. The molecule has 17 heavy (non-hydrogen) atoms. The summed E-state index contributed by atoms with van der Waals surface area (Å²) in [7, 11) is 0. The second kappa shape index (κ2) is 4.60. The fourth-order valence-electron chi connectivity index (χ4n) is 4.08. The number of fused-ring (bicyclic) bond motifs is 2. The molecule has 2 N–H and O–H groups in total. The van der Waals surface area contributed by atoms with Gasteiger partial charge in [-0.05, 0) is 62.9 Å². The normalized spacial score (nSPS) is 37.8. The summed E-state index contributed by atoms with van der Waals surface area (Å²) in [5.74, 6) is 3.49. The molecule has 3 heteroatoms. The van der Waals surface area contributed by atoms with Crippen LogP contribution in [-0.4, -0.2) is 25.0 Å². The lowest BCUT2D eigenvalue weighted by atomic mass is 9.84. The number of carbonyl (C=O) groups excluding carboxylic acids is 1. The van der Waals surface area contributed by atoms with Crippen LogP contribution >= 0.6 is 0 Å². The fourth-order valence-corrected chi connectivity index (χ4v) is 4.08. The third-order valence-corrected chi connectivity index (χ3v) is 5.16. The van der Waals surface area contributed by atoms with Crippen molar-refractivity contribution in [2.45, 2.75) is 45.1 Å². The molecule has 0 aromatic carbocycles. The van der Waals surface area contributed by atoms with Crippen LogP contribution in [0.1, 0.15) is 39.0 Å². The van der Waals surface area contributed by atoms with E-state index in [2.05, 4.69) is 17.6 Å². The van der Waals surface area contributed by atoms with Crippen molar-refractivity contribution in [3.05, 3.63) is 0 Å². The zero-order valence-corrected chi connectivity index (χ0v) is 10.7. The average Bonchev–Trinajstić information content (AvgIpc) is 2.85. The fraction of sp³-hybridized carbons (Fsp3) is 0.929. The van der Waals surface area contributed by atoms with Gasteiger partial charge >= 0.3 is 0 Å². The standard InChI is InChI=1S/C14H24N2O/c1-9(13-5-10-2-3-12(13)4-10)16-14(17)6-11-7-15-8-11/h9-13,15H,2-8H2,1H3,(H,16,17).